The zero-order chi connectivity index (χ0) is 25.2. The molecule has 0 aromatic heterocycles. The number of anilines is 1. The molecule has 4 rings (SSSR count). The fraction of sp³-hybridized carbons (Fsp3) is 0.192. The smallest absolute Gasteiger partial charge is 0.319 e. The number of benzene rings is 3. The van der Waals surface area contributed by atoms with Crippen molar-refractivity contribution < 1.29 is 22.8 Å². The summed E-state index contributed by atoms with van der Waals surface area (Å²) >= 11 is 0. The number of ketones is 1. The Morgan fingerprint density at radius 2 is 1.49 bits per heavy atom. The zero-order valence-electron chi connectivity index (χ0n) is 19.3. The van der Waals surface area contributed by atoms with E-state index in [0.29, 0.717) is 11.3 Å². The van der Waals surface area contributed by atoms with Gasteiger partial charge in [-0.15, -0.1) is 0 Å². The van der Waals surface area contributed by atoms with E-state index >= 15 is 0 Å². The number of Topliss-reactive ketones (excluding diaryl/α,β-unsaturated/α-hetero) is 1. The van der Waals surface area contributed by atoms with E-state index in [2.05, 4.69) is 5.32 Å². The van der Waals surface area contributed by atoms with Gasteiger partial charge < -0.3 is 5.32 Å². The van der Waals surface area contributed by atoms with Crippen molar-refractivity contribution in [3.63, 3.8) is 0 Å². The van der Waals surface area contributed by atoms with Gasteiger partial charge in [0.25, 0.3) is 5.91 Å². The fourth-order valence-corrected chi connectivity index (χ4v) is 4.60. The minimum Gasteiger partial charge on any atom is -0.319 e. The van der Waals surface area contributed by atoms with Crippen molar-refractivity contribution in [2.24, 2.45) is 0 Å². The lowest BCUT2D eigenvalue weighted by molar-refractivity contribution is -0.131. The van der Waals surface area contributed by atoms with Gasteiger partial charge in [-0.05, 0) is 35.4 Å². The summed E-state index contributed by atoms with van der Waals surface area (Å²) < 4.78 is 24.6. The van der Waals surface area contributed by atoms with E-state index in [1.54, 1.807) is 24.3 Å². The van der Waals surface area contributed by atoms with E-state index in [9.17, 15) is 22.8 Å². The van der Waals surface area contributed by atoms with Gasteiger partial charge in [0, 0.05) is 19.0 Å². The van der Waals surface area contributed by atoms with Gasteiger partial charge in [-0.1, -0.05) is 60.7 Å². The lowest BCUT2D eigenvalue weighted by atomic mass is 9.83. The largest absolute Gasteiger partial charge is 0.325 e. The number of urea groups is 1. The molecule has 180 valence electrons. The SMILES string of the molecule is CN(c1ccc(C(=O)CN2C(=O)N[C@](Cc3ccccc3)(c3ccccc3)C2=O)cc1)S(C)(=O)=O. The van der Waals surface area contributed by atoms with Gasteiger partial charge in [0.15, 0.2) is 11.3 Å². The average molecular weight is 492 g/mol. The van der Waals surface area contributed by atoms with Crippen LogP contribution in [0.3, 0.4) is 0 Å². The third-order valence-electron chi connectivity index (χ3n) is 6.11. The molecule has 3 aromatic rings. The molecule has 1 aliphatic rings. The van der Waals surface area contributed by atoms with Crippen molar-refractivity contribution >= 4 is 33.4 Å². The Kier molecular flexibility index (Phi) is 6.45. The Morgan fingerprint density at radius 3 is 2.06 bits per heavy atom. The number of carbonyl (C=O) groups excluding carboxylic acids is 3. The summed E-state index contributed by atoms with van der Waals surface area (Å²) in [5.74, 6) is -0.940. The second kappa shape index (κ2) is 9.34. The first kappa shape index (κ1) is 24.2. The first-order valence-corrected chi connectivity index (χ1v) is 12.8. The molecule has 8 nitrogen and oxygen atoms in total. The number of sulfonamides is 1. The van der Waals surface area contributed by atoms with Crippen LogP contribution in [0.1, 0.15) is 21.5 Å². The van der Waals surface area contributed by atoms with E-state index in [4.69, 9.17) is 0 Å². The first-order chi connectivity index (χ1) is 16.6. The van der Waals surface area contributed by atoms with Crippen LogP contribution in [0, 0.1) is 0 Å². The number of nitrogens with zero attached hydrogens (tertiary/aromatic N) is 2. The molecule has 1 N–H and O–H groups in total. The van der Waals surface area contributed by atoms with Crippen LogP contribution in [0.2, 0.25) is 0 Å². The molecule has 0 unspecified atom stereocenters. The average Bonchev–Trinajstić information content (AvgIpc) is 3.09. The van der Waals surface area contributed by atoms with Crippen LogP contribution in [0.25, 0.3) is 0 Å². The van der Waals surface area contributed by atoms with Crippen LogP contribution in [-0.4, -0.2) is 50.9 Å². The van der Waals surface area contributed by atoms with Crippen molar-refractivity contribution in [2.45, 2.75) is 12.0 Å². The Hall–Kier alpha value is -3.98. The van der Waals surface area contributed by atoms with Crippen molar-refractivity contribution in [1.29, 1.82) is 0 Å². The topological polar surface area (TPSA) is 104 Å². The predicted molar refractivity (Wildman–Crippen MR) is 133 cm³/mol. The monoisotopic (exact) mass is 491 g/mol. The van der Waals surface area contributed by atoms with Gasteiger partial charge in [0.1, 0.15) is 0 Å². The minimum absolute atomic E-state index is 0.236. The Labute approximate surface area is 204 Å². The summed E-state index contributed by atoms with van der Waals surface area (Å²) in [6.45, 7) is -0.435. The van der Waals surface area contributed by atoms with Gasteiger partial charge in [0.05, 0.1) is 18.5 Å². The van der Waals surface area contributed by atoms with Crippen LogP contribution in [0.4, 0.5) is 10.5 Å². The van der Waals surface area contributed by atoms with E-state index in [1.807, 2.05) is 36.4 Å². The molecule has 0 aliphatic carbocycles. The highest BCUT2D eigenvalue weighted by molar-refractivity contribution is 7.92. The molecule has 35 heavy (non-hydrogen) atoms. The highest BCUT2D eigenvalue weighted by Crippen LogP contribution is 2.33. The van der Waals surface area contributed by atoms with Crippen LogP contribution >= 0.6 is 0 Å². The molecule has 3 amide bonds. The summed E-state index contributed by atoms with van der Waals surface area (Å²) in [7, 11) is -2.03. The maximum atomic E-state index is 13.7. The Bertz CT molecular complexity index is 1360. The van der Waals surface area contributed by atoms with Crippen LogP contribution in [0.5, 0.6) is 0 Å². The molecule has 0 radical (unpaired) electrons. The molecule has 3 aromatic carbocycles. The lowest BCUT2D eigenvalue weighted by Crippen LogP contribution is -2.46. The van der Waals surface area contributed by atoms with E-state index < -0.39 is 39.8 Å². The summed E-state index contributed by atoms with van der Waals surface area (Å²) in [5.41, 5.74) is 0.817. The normalized spacial score (nSPS) is 17.8. The zero-order valence-corrected chi connectivity index (χ0v) is 20.2. The molecule has 1 atom stereocenters. The Morgan fingerprint density at radius 1 is 0.914 bits per heavy atom. The van der Waals surface area contributed by atoms with E-state index in [0.717, 1.165) is 21.0 Å². The number of nitrogens with one attached hydrogen (secondary N) is 1. The second-order valence-electron chi connectivity index (χ2n) is 8.46. The van der Waals surface area contributed by atoms with Crippen molar-refractivity contribution in [2.75, 3.05) is 24.2 Å². The third-order valence-corrected chi connectivity index (χ3v) is 7.31. The standard InChI is InChI=1S/C26H25N3O5S/c1-28(35(2,33)34)22-15-13-20(14-16-22)23(30)18-29-24(31)26(27-25(29)32,21-11-7-4-8-12-21)17-19-9-5-3-6-10-19/h3-16H,17-18H2,1-2H3,(H,27,32)/t26-/m1/s1. The maximum absolute atomic E-state index is 13.7. The molecule has 1 aliphatic heterocycles. The summed E-state index contributed by atoms with van der Waals surface area (Å²) in [5, 5.41) is 2.84. The van der Waals surface area contributed by atoms with Gasteiger partial charge in [-0.3, -0.25) is 18.8 Å². The van der Waals surface area contributed by atoms with Gasteiger partial charge in [0.2, 0.25) is 10.0 Å². The molecule has 0 bridgehead atoms. The summed E-state index contributed by atoms with van der Waals surface area (Å²) in [4.78, 5) is 40.5. The maximum Gasteiger partial charge on any atom is 0.325 e. The van der Waals surface area contributed by atoms with E-state index in [-0.39, 0.29) is 12.0 Å². The fourth-order valence-electron chi connectivity index (χ4n) is 4.10. The van der Waals surface area contributed by atoms with Gasteiger partial charge in [-0.2, -0.15) is 0 Å². The minimum atomic E-state index is -3.44. The number of imide groups is 1. The van der Waals surface area contributed by atoms with Crippen LogP contribution in [0.15, 0.2) is 84.9 Å². The molecule has 1 heterocycles. The number of hydrogen-bond acceptors (Lipinski definition) is 5. The van der Waals surface area contributed by atoms with Crippen LogP contribution in [-0.2, 0) is 26.8 Å². The molecule has 0 spiro atoms. The first-order valence-electron chi connectivity index (χ1n) is 10.9. The quantitative estimate of drug-likeness (QED) is 0.385. The number of carbonyl (C=O) groups is 3. The van der Waals surface area contributed by atoms with Crippen LogP contribution < -0.4 is 9.62 Å². The highest BCUT2D eigenvalue weighted by Gasteiger charge is 2.52. The second-order valence-corrected chi connectivity index (χ2v) is 10.5. The summed E-state index contributed by atoms with van der Waals surface area (Å²) in [6, 6.07) is 23.7. The van der Waals surface area contributed by atoms with Crippen molar-refractivity contribution in [3.8, 4) is 0 Å². The molecular formula is C26H25N3O5S. The molecule has 0 saturated carbocycles. The van der Waals surface area contributed by atoms with Crippen molar-refractivity contribution in [3.05, 3.63) is 102 Å². The van der Waals surface area contributed by atoms with Crippen molar-refractivity contribution in [1.82, 2.24) is 10.2 Å². The number of amides is 3. The molecule has 9 heteroatoms. The lowest BCUT2D eigenvalue weighted by Gasteiger charge is -2.27. The third kappa shape index (κ3) is 4.81. The number of hydrogen-bond donors (Lipinski definition) is 1. The molecular weight excluding hydrogens is 466 g/mol. The van der Waals surface area contributed by atoms with Gasteiger partial charge >= 0.3 is 6.03 Å². The van der Waals surface area contributed by atoms with E-state index in [1.165, 1.54) is 31.3 Å². The predicted octanol–water partition coefficient (Wildman–Crippen LogP) is 2.96. The molecule has 1 fully saturated rings. The Balaban J connectivity index is 1.60. The number of rotatable bonds is 8. The van der Waals surface area contributed by atoms with Gasteiger partial charge in [-0.25, -0.2) is 13.2 Å². The summed E-state index contributed by atoms with van der Waals surface area (Å²) in [6.07, 6.45) is 1.32. The highest BCUT2D eigenvalue weighted by atomic mass is 32.2. The molecule has 1 saturated heterocycles.